The predicted octanol–water partition coefficient (Wildman–Crippen LogP) is 5.35. The lowest BCUT2D eigenvalue weighted by atomic mass is 10.0. The molecule has 1 amide bonds. The second-order valence-electron chi connectivity index (χ2n) is 9.89. The maximum atomic E-state index is 14.9. The van der Waals surface area contributed by atoms with Crippen molar-refractivity contribution in [3.05, 3.63) is 83.3 Å². The molecular formula is C29H31FN4O3S. The van der Waals surface area contributed by atoms with E-state index in [0.717, 1.165) is 18.4 Å². The lowest BCUT2D eigenvalue weighted by molar-refractivity contribution is 0.0742. The van der Waals surface area contributed by atoms with Gasteiger partial charge in [-0.2, -0.15) is 5.10 Å². The topological polar surface area (TPSA) is 85.2 Å². The molecule has 2 aromatic carbocycles. The van der Waals surface area contributed by atoms with Crippen molar-refractivity contribution in [1.82, 2.24) is 19.7 Å². The van der Waals surface area contributed by atoms with Crippen LogP contribution in [-0.2, 0) is 16.4 Å². The SMILES string of the molecule is CCCCN(Cc1ccccc1)C(=O)c1cc(-c2ccccc2F)nc2c1c(C)nn2C1CCS(=O)(=O)C1. The predicted molar refractivity (Wildman–Crippen MR) is 146 cm³/mol. The first kappa shape index (κ1) is 26.0. The summed E-state index contributed by atoms with van der Waals surface area (Å²) in [6.45, 7) is 4.89. The van der Waals surface area contributed by atoms with Gasteiger partial charge in [0.25, 0.3) is 5.91 Å². The van der Waals surface area contributed by atoms with E-state index in [9.17, 15) is 17.6 Å². The summed E-state index contributed by atoms with van der Waals surface area (Å²) in [4.78, 5) is 20.8. The number of hydrogen-bond donors (Lipinski definition) is 0. The third-order valence-electron chi connectivity index (χ3n) is 7.06. The highest BCUT2D eigenvalue weighted by molar-refractivity contribution is 7.91. The summed E-state index contributed by atoms with van der Waals surface area (Å²) >= 11 is 0. The third kappa shape index (κ3) is 5.20. The van der Waals surface area contributed by atoms with E-state index in [1.807, 2.05) is 35.2 Å². The van der Waals surface area contributed by atoms with Gasteiger partial charge in [0.05, 0.1) is 39.9 Å². The first-order valence-corrected chi connectivity index (χ1v) is 14.8. The zero-order valence-corrected chi connectivity index (χ0v) is 22.4. The van der Waals surface area contributed by atoms with Crippen molar-refractivity contribution in [2.75, 3.05) is 18.1 Å². The Morgan fingerprint density at radius 2 is 1.87 bits per heavy atom. The number of halogens is 1. The fraction of sp³-hybridized carbons (Fsp3) is 0.345. The summed E-state index contributed by atoms with van der Waals surface area (Å²) in [6, 6.07) is 17.4. The first-order chi connectivity index (χ1) is 18.3. The van der Waals surface area contributed by atoms with Crippen LogP contribution in [0.25, 0.3) is 22.3 Å². The average molecular weight is 535 g/mol. The van der Waals surface area contributed by atoms with Gasteiger partial charge in [-0.15, -0.1) is 0 Å². The maximum Gasteiger partial charge on any atom is 0.255 e. The highest BCUT2D eigenvalue weighted by Crippen LogP contribution is 2.33. The molecule has 2 aromatic heterocycles. The van der Waals surface area contributed by atoms with Crippen LogP contribution in [0.5, 0.6) is 0 Å². The number of sulfone groups is 1. The van der Waals surface area contributed by atoms with Crippen molar-refractivity contribution in [1.29, 1.82) is 0 Å². The molecule has 38 heavy (non-hydrogen) atoms. The van der Waals surface area contributed by atoms with Crippen LogP contribution in [-0.4, -0.2) is 52.0 Å². The lowest BCUT2D eigenvalue weighted by Crippen LogP contribution is -2.32. The van der Waals surface area contributed by atoms with Gasteiger partial charge >= 0.3 is 0 Å². The Kier molecular flexibility index (Phi) is 7.29. The normalized spacial score (nSPS) is 16.7. The Bertz CT molecular complexity index is 1580. The molecule has 1 unspecified atom stereocenters. The van der Waals surface area contributed by atoms with Crippen molar-refractivity contribution in [3.8, 4) is 11.3 Å². The number of unbranched alkanes of at least 4 members (excludes halogenated alkanes) is 1. The van der Waals surface area contributed by atoms with Crippen molar-refractivity contribution in [3.63, 3.8) is 0 Å². The fourth-order valence-electron chi connectivity index (χ4n) is 5.09. The molecule has 1 aliphatic heterocycles. The van der Waals surface area contributed by atoms with Crippen LogP contribution in [0, 0.1) is 12.7 Å². The Hall–Kier alpha value is -3.59. The average Bonchev–Trinajstić information content (AvgIpc) is 3.44. The van der Waals surface area contributed by atoms with E-state index in [1.165, 1.54) is 6.07 Å². The molecule has 1 aliphatic rings. The van der Waals surface area contributed by atoms with Gasteiger partial charge in [-0.05, 0) is 43.5 Å². The number of aryl methyl sites for hydroxylation is 1. The second-order valence-corrected chi connectivity index (χ2v) is 12.1. The molecule has 7 nitrogen and oxygen atoms in total. The lowest BCUT2D eigenvalue weighted by Gasteiger charge is -2.24. The molecule has 5 rings (SSSR count). The van der Waals surface area contributed by atoms with Crippen molar-refractivity contribution in [2.24, 2.45) is 0 Å². The monoisotopic (exact) mass is 534 g/mol. The highest BCUT2D eigenvalue weighted by atomic mass is 32.2. The molecule has 1 saturated heterocycles. The summed E-state index contributed by atoms with van der Waals surface area (Å²) in [7, 11) is -3.18. The summed E-state index contributed by atoms with van der Waals surface area (Å²) in [5, 5.41) is 5.25. The summed E-state index contributed by atoms with van der Waals surface area (Å²) in [5.41, 5.74) is 3.00. The van der Waals surface area contributed by atoms with Crippen molar-refractivity contribution >= 4 is 26.8 Å². The number of hydrogen-bond acceptors (Lipinski definition) is 5. The fourth-order valence-corrected chi connectivity index (χ4v) is 6.78. The number of carbonyl (C=O) groups is 1. The molecule has 0 bridgehead atoms. The number of rotatable bonds is 8. The van der Waals surface area contributed by atoms with Crippen LogP contribution >= 0.6 is 0 Å². The minimum Gasteiger partial charge on any atom is -0.334 e. The Labute approximate surface area is 222 Å². The molecule has 3 heterocycles. The molecule has 0 radical (unpaired) electrons. The van der Waals surface area contributed by atoms with E-state index < -0.39 is 15.7 Å². The van der Waals surface area contributed by atoms with Gasteiger partial charge in [0.15, 0.2) is 15.5 Å². The third-order valence-corrected chi connectivity index (χ3v) is 8.81. The molecule has 4 aromatic rings. The van der Waals surface area contributed by atoms with E-state index in [4.69, 9.17) is 4.98 Å². The molecule has 0 saturated carbocycles. The molecule has 1 fully saturated rings. The largest absolute Gasteiger partial charge is 0.334 e. The molecule has 1 atom stereocenters. The van der Waals surface area contributed by atoms with E-state index in [0.29, 0.717) is 47.5 Å². The standard InChI is InChI=1S/C29H31FN4O3S/c1-3-4-15-33(18-21-10-6-5-7-11-21)29(35)24-17-26(23-12-8-9-13-25(23)30)31-28-27(24)20(2)32-34(28)22-14-16-38(36,37)19-22/h5-13,17,22H,3-4,14-16,18-19H2,1-2H3. The van der Waals surface area contributed by atoms with Gasteiger partial charge in [-0.1, -0.05) is 55.8 Å². The van der Waals surface area contributed by atoms with E-state index in [-0.39, 0.29) is 29.0 Å². The number of benzene rings is 2. The van der Waals surface area contributed by atoms with Gasteiger partial charge in [0.2, 0.25) is 0 Å². The highest BCUT2D eigenvalue weighted by Gasteiger charge is 2.33. The quantitative estimate of drug-likeness (QED) is 0.304. The summed E-state index contributed by atoms with van der Waals surface area (Å²) in [5.74, 6) is -0.585. The molecule has 0 N–H and O–H groups in total. The van der Waals surface area contributed by atoms with Gasteiger partial charge in [-0.3, -0.25) is 4.79 Å². The number of amides is 1. The molecule has 0 aliphatic carbocycles. The van der Waals surface area contributed by atoms with Crippen molar-refractivity contribution < 1.29 is 17.6 Å². The maximum absolute atomic E-state index is 14.9. The Morgan fingerprint density at radius 3 is 2.55 bits per heavy atom. The van der Waals surface area contributed by atoms with E-state index in [1.54, 1.807) is 35.9 Å². The number of pyridine rings is 1. The van der Waals surface area contributed by atoms with Gasteiger partial charge < -0.3 is 4.90 Å². The first-order valence-electron chi connectivity index (χ1n) is 13.0. The van der Waals surface area contributed by atoms with Crippen LogP contribution in [0.4, 0.5) is 4.39 Å². The summed E-state index contributed by atoms with van der Waals surface area (Å²) in [6.07, 6.45) is 2.19. The number of fused-ring (bicyclic) bond motifs is 1. The van der Waals surface area contributed by atoms with E-state index >= 15 is 0 Å². The van der Waals surface area contributed by atoms with Gasteiger partial charge in [0.1, 0.15) is 5.82 Å². The minimum absolute atomic E-state index is 0.0330. The smallest absolute Gasteiger partial charge is 0.255 e. The van der Waals surface area contributed by atoms with Gasteiger partial charge in [-0.25, -0.2) is 22.5 Å². The zero-order valence-electron chi connectivity index (χ0n) is 21.6. The second kappa shape index (κ2) is 10.6. The van der Waals surface area contributed by atoms with Crippen molar-refractivity contribution in [2.45, 2.75) is 45.7 Å². The summed E-state index contributed by atoms with van der Waals surface area (Å²) < 4.78 is 41.0. The van der Waals surface area contributed by atoms with Crippen LogP contribution in [0.3, 0.4) is 0 Å². The van der Waals surface area contributed by atoms with Crippen LogP contribution < -0.4 is 0 Å². The van der Waals surface area contributed by atoms with Crippen LogP contribution in [0.2, 0.25) is 0 Å². The molecule has 9 heteroatoms. The zero-order chi connectivity index (χ0) is 26.9. The molecule has 198 valence electrons. The van der Waals surface area contributed by atoms with Crippen LogP contribution in [0.1, 0.15) is 53.8 Å². The Morgan fingerprint density at radius 1 is 1.13 bits per heavy atom. The number of aromatic nitrogens is 3. The molecule has 0 spiro atoms. The molecular weight excluding hydrogens is 503 g/mol. The van der Waals surface area contributed by atoms with E-state index in [2.05, 4.69) is 12.0 Å². The van der Waals surface area contributed by atoms with Gasteiger partial charge in [0, 0.05) is 18.7 Å². The Balaban J connectivity index is 1.68. The minimum atomic E-state index is -3.18. The number of nitrogens with zero attached hydrogens (tertiary/aromatic N) is 4. The number of carbonyl (C=O) groups excluding carboxylic acids is 1. The van der Waals surface area contributed by atoms with Crippen LogP contribution in [0.15, 0.2) is 60.7 Å².